The summed E-state index contributed by atoms with van der Waals surface area (Å²) in [5.74, 6) is 0.519. The zero-order valence-corrected chi connectivity index (χ0v) is 20.1. The fraction of sp³-hybridized carbons (Fsp3) is 0.133. The molecule has 1 aromatic heterocycles. The third-order valence-electron chi connectivity index (χ3n) is 6.86. The molecule has 0 saturated heterocycles. The zero-order chi connectivity index (χ0) is 24.6. The molecule has 1 N–H and O–H groups in total. The number of nitrogens with one attached hydrogen (secondary N) is 1. The van der Waals surface area contributed by atoms with Crippen LogP contribution in [0.25, 0.3) is 0 Å². The standard InChI is InChI=1S/C30H23ClN2O3/c31-22-14-12-19(13-15-22)29-28-24(17-21(18-26(28)34)27-11-6-16-36-27)32-23-9-4-5-10-25(23)33(29)30(35)20-7-2-1-3-8-20/h1-16,21,29,32H,17-18H2/t21-,29+/m0/s1. The number of Topliss-reactive ketones (excluding diaryl/α,β-unsaturated/α-hetero) is 1. The molecule has 36 heavy (non-hydrogen) atoms. The van der Waals surface area contributed by atoms with Gasteiger partial charge in [0.05, 0.1) is 23.7 Å². The maximum atomic E-state index is 14.1. The van der Waals surface area contributed by atoms with E-state index in [-0.39, 0.29) is 17.6 Å². The van der Waals surface area contributed by atoms with Crippen molar-refractivity contribution in [3.8, 4) is 0 Å². The van der Waals surface area contributed by atoms with E-state index in [1.165, 1.54) is 0 Å². The molecule has 6 heteroatoms. The van der Waals surface area contributed by atoms with Crippen molar-refractivity contribution in [2.75, 3.05) is 10.2 Å². The largest absolute Gasteiger partial charge is 0.469 e. The minimum absolute atomic E-state index is 0.0104. The molecule has 4 aromatic rings. The highest BCUT2D eigenvalue weighted by atomic mass is 35.5. The molecule has 0 bridgehead atoms. The molecule has 0 saturated carbocycles. The Hall–Kier alpha value is -4.09. The summed E-state index contributed by atoms with van der Waals surface area (Å²) in [4.78, 5) is 29.8. The molecule has 0 unspecified atom stereocenters. The number of amides is 1. The first kappa shape index (κ1) is 22.4. The molecule has 1 amide bonds. The number of benzene rings is 3. The van der Waals surface area contributed by atoms with E-state index in [9.17, 15) is 9.59 Å². The molecule has 5 nitrogen and oxygen atoms in total. The summed E-state index contributed by atoms with van der Waals surface area (Å²) in [6.45, 7) is 0. The number of nitrogens with zero attached hydrogens (tertiary/aromatic N) is 1. The summed E-state index contributed by atoms with van der Waals surface area (Å²) in [5, 5.41) is 4.12. The molecule has 3 aromatic carbocycles. The fourth-order valence-electron chi connectivity index (χ4n) is 5.22. The van der Waals surface area contributed by atoms with Gasteiger partial charge in [0.15, 0.2) is 5.78 Å². The SMILES string of the molecule is O=C1C[C@@H](c2ccco2)CC2=C1[C@@H](c1ccc(Cl)cc1)N(C(=O)c1ccccc1)c1ccccc1N2. The summed E-state index contributed by atoms with van der Waals surface area (Å²) in [6.07, 6.45) is 2.54. The maximum Gasteiger partial charge on any atom is 0.259 e. The Balaban J connectivity index is 1.58. The highest BCUT2D eigenvalue weighted by Gasteiger charge is 2.42. The molecule has 178 valence electrons. The second-order valence-corrected chi connectivity index (χ2v) is 9.51. The quantitative estimate of drug-likeness (QED) is 0.328. The van der Waals surface area contributed by atoms with E-state index in [4.69, 9.17) is 16.0 Å². The van der Waals surface area contributed by atoms with Gasteiger partial charge in [0.2, 0.25) is 0 Å². The second kappa shape index (κ2) is 9.17. The third kappa shape index (κ3) is 3.91. The van der Waals surface area contributed by atoms with Crippen molar-refractivity contribution in [2.24, 2.45) is 0 Å². The van der Waals surface area contributed by atoms with Crippen molar-refractivity contribution in [3.05, 3.63) is 130 Å². The van der Waals surface area contributed by atoms with Crippen LogP contribution in [0.1, 0.15) is 46.5 Å². The van der Waals surface area contributed by atoms with E-state index in [0.717, 1.165) is 22.7 Å². The first-order valence-electron chi connectivity index (χ1n) is 11.9. The minimum Gasteiger partial charge on any atom is -0.469 e. The highest BCUT2D eigenvalue weighted by Crippen LogP contribution is 2.47. The van der Waals surface area contributed by atoms with Gasteiger partial charge in [-0.1, -0.05) is 54.1 Å². The van der Waals surface area contributed by atoms with Crippen molar-refractivity contribution < 1.29 is 14.0 Å². The third-order valence-corrected chi connectivity index (χ3v) is 7.11. The highest BCUT2D eigenvalue weighted by molar-refractivity contribution is 6.30. The Bertz CT molecular complexity index is 1460. The van der Waals surface area contributed by atoms with Gasteiger partial charge in [0, 0.05) is 34.2 Å². The molecule has 2 heterocycles. The number of rotatable bonds is 3. The lowest BCUT2D eigenvalue weighted by Gasteiger charge is -2.35. The fourth-order valence-corrected chi connectivity index (χ4v) is 5.34. The maximum absolute atomic E-state index is 14.1. The Morgan fingerprint density at radius 1 is 0.889 bits per heavy atom. The van der Waals surface area contributed by atoms with Gasteiger partial charge in [-0.2, -0.15) is 0 Å². The monoisotopic (exact) mass is 494 g/mol. The summed E-state index contributed by atoms with van der Waals surface area (Å²) < 4.78 is 5.66. The molecule has 2 atom stereocenters. The number of anilines is 2. The lowest BCUT2D eigenvalue weighted by molar-refractivity contribution is -0.116. The van der Waals surface area contributed by atoms with Crippen LogP contribution in [0, 0.1) is 0 Å². The van der Waals surface area contributed by atoms with Gasteiger partial charge in [0.25, 0.3) is 5.91 Å². The first-order chi connectivity index (χ1) is 17.6. The lowest BCUT2D eigenvalue weighted by atomic mass is 9.80. The van der Waals surface area contributed by atoms with Crippen molar-refractivity contribution in [1.29, 1.82) is 0 Å². The average Bonchev–Trinajstić information content (AvgIpc) is 3.40. The molecular formula is C30H23ClN2O3. The van der Waals surface area contributed by atoms with Crippen LogP contribution >= 0.6 is 11.6 Å². The van der Waals surface area contributed by atoms with Crippen LogP contribution in [-0.4, -0.2) is 11.7 Å². The molecule has 1 aliphatic carbocycles. The summed E-state index contributed by atoms with van der Waals surface area (Å²) in [5.41, 5.74) is 4.26. The van der Waals surface area contributed by atoms with Gasteiger partial charge in [-0.15, -0.1) is 0 Å². The van der Waals surface area contributed by atoms with Gasteiger partial charge < -0.3 is 9.73 Å². The molecular weight excluding hydrogens is 472 g/mol. The van der Waals surface area contributed by atoms with Crippen LogP contribution in [-0.2, 0) is 4.79 Å². The van der Waals surface area contributed by atoms with Crippen molar-refractivity contribution in [2.45, 2.75) is 24.8 Å². The number of hydrogen-bond acceptors (Lipinski definition) is 4. The first-order valence-corrected chi connectivity index (χ1v) is 12.3. The molecule has 0 radical (unpaired) electrons. The van der Waals surface area contributed by atoms with Crippen LogP contribution in [0.4, 0.5) is 11.4 Å². The van der Waals surface area contributed by atoms with Crippen LogP contribution in [0.2, 0.25) is 5.02 Å². The number of carbonyl (C=O) groups is 2. The van der Waals surface area contributed by atoms with E-state index in [1.807, 2.05) is 66.7 Å². The van der Waals surface area contributed by atoms with Crippen molar-refractivity contribution in [1.82, 2.24) is 0 Å². The number of halogens is 1. The Kier molecular flexibility index (Phi) is 5.70. The number of ketones is 1. The van der Waals surface area contributed by atoms with Crippen LogP contribution < -0.4 is 10.2 Å². The smallest absolute Gasteiger partial charge is 0.259 e. The molecule has 1 aliphatic heterocycles. The molecule has 2 aliphatic rings. The van der Waals surface area contributed by atoms with E-state index in [0.29, 0.717) is 34.7 Å². The molecule has 0 spiro atoms. The minimum atomic E-state index is -0.619. The van der Waals surface area contributed by atoms with Crippen LogP contribution in [0.5, 0.6) is 0 Å². The topological polar surface area (TPSA) is 62.6 Å². The normalized spacial score (nSPS) is 19.2. The second-order valence-electron chi connectivity index (χ2n) is 9.07. The number of furan rings is 1. The van der Waals surface area contributed by atoms with Gasteiger partial charge >= 0.3 is 0 Å². The number of hydrogen-bond donors (Lipinski definition) is 1. The van der Waals surface area contributed by atoms with Crippen LogP contribution in [0.3, 0.4) is 0 Å². The average molecular weight is 495 g/mol. The van der Waals surface area contributed by atoms with Gasteiger partial charge in [-0.05, 0) is 60.5 Å². The van der Waals surface area contributed by atoms with Crippen LogP contribution in [0.15, 0.2) is 113 Å². The summed E-state index contributed by atoms with van der Waals surface area (Å²) in [7, 11) is 0. The van der Waals surface area contributed by atoms with E-state index < -0.39 is 6.04 Å². The molecule has 6 rings (SSSR count). The number of fused-ring (bicyclic) bond motifs is 1. The summed E-state index contributed by atoms with van der Waals surface area (Å²) >= 11 is 6.22. The molecule has 0 fully saturated rings. The lowest BCUT2D eigenvalue weighted by Crippen LogP contribution is -2.38. The zero-order valence-electron chi connectivity index (χ0n) is 19.4. The van der Waals surface area contributed by atoms with E-state index in [2.05, 4.69) is 5.32 Å². The number of allylic oxidation sites excluding steroid dienone is 1. The predicted molar refractivity (Wildman–Crippen MR) is 140 cm³/mol. The Morgan fingerprint density at radius 3 is 2.39 bits per heavy atom. The Labute approximate surface area is 214 Å². The Morgan fingerprint density at radius 2 is 1.64 bits per heavy atom. The predicted octanol–water partition coefficient (Wildman–Crippen LogP) is 7.15. The van der Waals surface area contributed by atoms with Gasteiger partial charge in [-0.3, -0.25) is 14.5 Å². The van der Waals surface area contributed by atoms with Gasteiger partial charge in [-0.25, -0.2) is 0 Å². The van der Waals surface area contributed by atoms with Crippen molar-refractivity contribution in [3.63, 3.8) is 0 Å². The van der Waals surface area contributed by atoms with Crippen molar-refractivity contribution >= 4 is 34.7 Å². The number of carbonyl (C=O) groups excluding carboxylic acids is 2. The van der Waals surface area contributed by atoms with E-state index in [1.54, 1.807) is 35.4 Å². The summed E-state index contributed by atoms with van der Waals surface area (Å²) in [6, 6.07) is 27.4. The number of para-hydroxylation sites is 2. The van der Waals surface area contributed by atoms with Gasteiger partial charge in [0.1, 0.15) is 5.76 Å². The van der Waals surface area contributed by atoms with E-state index >= 15 is 0 Å².